The van der Waals surface area contributed by atoms with Gasteiger partial charge in [-0.15, -0.1) is 0 Å². The Labute approximate surface area is 103 Å². The topological polar surface area (TPSA) is 9.23 Å². The summed E-state index contributed by atoms with van der Waals surface area (Å²) in [7, 11) is 0. The van der Waals surface area contributed by atoms with Gasteiger partial charge in [-0.05, 0) is 61.4 Å². The predicted octanol–water partition coefficient (Wildman–Crippen LogP) is 4.36. The molecule has 2 aliphatic rings. The molecule has 1 aliphatic carbocycles. The van der Waals surface area contributed by atoms with Crippen molar-refractivity contribution in [1.29, 1.82) is 0 Å². The Bertz CT molecular complexity index is 496. The van der Waals surface area contributed by atoms with E-state index in [0.717, 1.165) is 5.75 Å². The summed E-state index contributed by atoms with van der Waals surface area (Å²) < 4.78 is 6.12. The highest BCUT2D eigenvalue weighted by molar-refractivity contribution is 5.74. The van der Waals surface area contributed by atoms with Crippen LogP contribution in [0.2, 0.25) is 0 Å². The minimum atomic E-state index is 0.330. The summed E-state index contributed by atoms with van der Waals surface area (Å²) >= 11 is 0. The van der Waals surface area contributed by atoms with E-state index < -0.39 is 0 Å². The van der Waals surface area contributed by atoms with Gasteiger partial charge in [-0.3, -0.25) is 0 Å². The third-order valence-electron chi connectivity index (χ3n) is 3.86. The van der Waals surface area contributed by atoms with Crippen LogP contribution in [0.1, 0.15) is 42.4 Å². The lowest BCUT2D eigenvalue weighted by Crippen LogP contribution is -2.25. The largest absolute Gasteiger partial charge is 0.485 e. The molecule has 0 amide bonds. The van der Waals surface area contributed by atoms with Crippen molar-refractivity contribution in [3.8, 4) is 5.75 Å². The maximum Gasteiger partial charge on any atom is 0.128 e. The highest BCUT2D eigenvalue weighted by Crippen LogP contribution is 2.39. The molecule has 1 heterocycles. The Morgan fingerprint density at radius 2 is 2.24 bits per heavy atom. The molecule has 0 saturated heterocycles. The van der Waals surface area contributed by atoms with E-state index in [9.17, 15) is 0 Å². The van der Waals surface area contributed by atoms with Gasteiger partial charge in [-0.25, -0.2) is 0 Å². The van der Waals surface area contributed by atoms with Crippen LogP contribution >= 0.6 is 0 Å². The molecule has 88 valence electrons. The summed E-state index contributed by atoms with van der Waals surface area (Å²) in [5.41, 5.74) is 5.19. The van der Waals surface area contributed by atoms with Crippen LogP contribution in [-0.2, 0) is 0 Å². The first-order valence-corrected chi connectivity index (χ1v) is 6.43. The van der Waals surface area contributed by atoms with Crippen LogP contribution in [0.25, 0.3) is 12.2 Å². The Balaban J connectivity index is 2.13. The minimum Gasteiger partial charge on any atom is -0.485 e. The molecular formula is C16H18O. The Kier molecular flexibility index (Phi) is 2.54. The first-order valence-electron chi connectivity index (χ1n) is 6.43. The van der Waals surface area contributed by atoms with Crippen molar-refractivity contribution < 1.29 is 4.74 Å². The molecule has 3 rings (SSSR count). The molecule has 1 fully saturated rings. The highest BCUT2D eigenvalue weighted by Gasteiger charge is 2.26. The molecule has 1 aliphatic heterocycles. The number of rotatable bonds is 1. The van der Waals surface area contributed by atoms with Gasteiger partial charge in [-0.2, -0.15) is 0 Å². The fraction of sp³-hybridized carbons (Fsp3) is 0.375. The van der Waals surface area contributed by atoms with E-state index in [-0.39, 0.29) is 0 Å². The van der Waals surface area contributed by atoms with Crippen molar-refractivity contribution in [2.24, 2.45) is 0 Å². The van der Waals surface area contributed by atoms with Gasteiger partial charge in [0.2, 0.25) is 0 Å². The van der Waals surface area contributed by atoms with Gasteiger partial charge in [0, 0.05) is 5.56 Å². The lowest BCUT2D eigenvalue weighted by molar-refractivity contribution is 0.200. The average molecular weight is 226 g/mol. The molecule has 1 aromatic rings. The normalized spacial score (nSPS) is 21.9. The second-order valence-electron chi connectivity index (χ2n) is 4.98. The summed E-state index contributed by atoms with van der Waals surface area (Å²) in [6, 6.07) is 4.22. The van der Waals surface area contributed by atoms with E-state index in [1.54, 1.807) is 0 Å². The second kappa shape index (κ2) is 4.06. The van der Waals surface area contributed by atoms with Gasteiger partial charge < -0.3 is 4.74 Å². The summed E-state index contributed by atoms with van der Waals surface area (Å²) in [5, 5.41) is 0. The van der Waals surface area contributed by atoms with Crippen LogP contribution in [-0.4, -0.2) is 6.10 Å². The number of hydrogen-bond donors (Lipinski definition) is 0. The van der Waals surface area contributed by atoms with Crippen LogP contribution in [0, 0.1) is 6.92 Å². The third-order valence-corrected chi connectivity index (χ3v) is 3.86. The van der Waals surface area contributed by atoms with E-state index in [4.69, 9.17) is 4.74 Å². The lowest BCUT2D eigenvalue weighted by Gasteiger charge is -2.31. The second-order valence-corrected chi connectivity index (χ2v) is 4.98. The van der Waals surface area contributed by atoms with Crippen molar-refractivity contribution in [1.82, 2.24) is 0 Å². The molecule has 17 heavy (non-hydrogen) atoms. The van der Waals surface area contributed by atoms with Crippen molar-refractivity contribution in [3.05, 3.63) is 41.0 Å². The summed E-state index contributed by atoms with van der Waals surface area (Å²) in [5.74, 6) is 1.03. The standard InChI is InChI=1S/C16H18O/c1-3-13-11(2)8-9-16-14(13)10-12-6-4-5-7-15(12)17-16/h3,8-10,15H,1,4-7H2,2H3. The van der Waals surface area contributed by atoms with Gasteiger partial charge in [0.15, 0.2) is 0 Å². The molecule has 1 nitrogen and oxygen atoms in total. The maximum absolute atomic E-state index is 6.12. The molecule has 0 aromatic heterocycles. The lowest BCUT2D eigenvalue weighted by atomic mass is 9.87. The number of fused-ring (bicyclic) bond motifs is 2. The van der Waals surface area contributed by atoms with E-state index in [0.29, 0.717) is 6.10 Å². The van der Waals surface area contributed by atoms with Crippen molar-refractivity contribution in [3.63, 3.8) is 0 Å². The predicted molar refractivity (Wildman–Crippen MR) is 72.1 cm³/mol. The maximum atomic E-state index is 6.12. The molecule has 0 spiro atoms. The van der Waals surface area contributed by atoms with Gasteiger partial charge in [0.05, 0.1) is 0 Å². The molecule has 1 heteroatoms. The first kappa shape index (κ1) is 10.6. The SMILES string of the molecule is C=Cc1c(C)ccc2c1C=C1CCCCC1O2. The van der Waals surface area contributed by atoms with E-state index in [2.05, 4.69) is 31.7 Å². The van der Waals surface area contributed by atoms with Gasteiger partial charge in [0.1, 0.15) is 11.9 Å². The zero-order valence-electron chi connectivity index (χ0n) is 10.3. The fourth-order valence-electron chi connectivity index (χ4n) is 2.89. The quantitative estimate of drug-likeness (QED) is 0.691. The zero-order valence-corrected chi connectivity index (χ0v) is 10.3. The van der Waals surface area contributed by atoms with Crippen LogP contribution in [0.3, 0.4) is 0 Å². The first-order chi connectivity index (χ1) is 8.29. The molecule has 0 bridgehead atoms. The summed E-state index contributed by atoms with van der Waals surface area (Å²) in [6.07, 6.45) is 9.56. The molecule has 1 unspecified atom stereocenters. The van der Waals surface area contributed by atoms with Crippen LogP contribution in [0.5, 0.6) is 5.75 Å². The molecule has 0 radical (unpaired) electrons. The van der Waals surface area contributed by atoms with Crippen molar-refractivity contribution in [2.75, 3.05) is 0 Å². The van der Waals surface area contributed by atoms with Gasteiger partial charge in [-0.1, -0.05) is 18.7 Å². The minimum absolute atomic E-state index is 0.330. The third kappa shape index (κ3) is 1.70. The number of aryl methyl sites for hydroxylation is 1. The number of benzene rings is 1. The van der Waals surface area contributed by atoms with Crippen LogP contribution in [0.15, 0.2) is 24.3 Å². The van der Waals surface area contributed by atoms with Gasteiger partial charge >= 0.3 is 0 Å². The summed E-state index contributed by atoms with van der Waals surface area (Å²) in [6.45, 7) is 6.05. The van der Waals surface area contributed by atoms with E-state index in [1.807, 2.05) is 6.08 Å². The highest BCUT2D eigenvalue weighted by atomic mass is 16.5. The smallest absolute Gasteiger partial charge is 0.128 e. The Morgan fingerprint density at radius 1 is 1.35 bits per heavy atom. The molecular weight excluding hydrogens is 208 g/mol. The fourth-order valence-corrected chi connectivity index (χ4v) is 2.89. The van der Waals surface area contributed by atoms with Crippen molar-refractivity contribution in [2.45, 2.75) is 38.7 Å². The monoisotopic (exact) mass is 226 g/mol. The molecule has 0 N–H and O–H groups in total. The van der Waals surface area contributed by atoms with Crippen LogP contribution < -0.4 is 4.74 Å². The van der Waals surface area contributed by atoms with E-state index in [1.165, 1.54) is 47.9 Å². The number of ether oxygens (including phenoxy) is 1. The van der Waals surface area contributed by atoms with Crippen molar-refractivity contribution >= 4 is 12.2 Å². The van der Waals surface area contributed by atoms with Crippen LogP contribution in [0.4, 0.5) is 0 Å². The average Bonchev–Trinajstić information content (AvgIpc) is 2.36. The number of hydrogen-bond acceptors (Lipinski definition) is 1. The zero-order chi connectivity index (χ0) is 11.8. The Hall–Kier alpha value is -1.50. The molecule has 1 atom stereocenters. The van der Waals surface area contributed by atoms with E-state index >= 15 is 0 Å². The molecule has 1 saturated carbocycles. The molecule has 1 aromatic carbocycles. The van der Waals surface area contributed by atoms with Gasteiger partial charge in [0.25, 0.3) is 0 Å². The Morgan fingerprint density at radius 3 is 3.06 bits per heavy atom. The summed E-state index contributed by atoms with van der Waals surface area (Å²) in [4.78, 5) is 0.